The highest BCUT2D eigenvalue weighted by Crippen LogP contribution is 2.24. The van der Waals surface area contributed by atoms with Gasteiger partial charge in [-0.3, -0.25) is 9.80 Å². The Hall–Kier alpha value is -1.40. The molecule has 2 fully saturated rings. The largest absolute Gasteiger partial charge is 0.366 e. The Morgan fingerprint density at radius 2 is 1.23 bits per heavy atom. The molecule has 3 rings (SSSR count). The molecule has 3 heterocycles. The molecule has 2 saturated heterocycles. The van der Waals surface area contributed by atoms with Crippen molar-refractivity contribution in [2.24, 2.45) is 11.8 Å². The molecule has 146 valence electrons. The Labute approximate surface area is 158 Å². The van der Waals surface area contributed by atoms with Crippen molar-refractivity contribution in [3.63, 3.8) is 0 Å². The van der Waals surface area contributed by atoms with Crippen LogP contribution in [0.2, 0.25) is 0 Å². The number of likely N-dealkylation sites (tertiary alicyclic amines) is 2. The second-order valence-electron chi connectivity index (χ2n) is 8.84. The Bertz CT molecular complexity index is 542. The first kappa shape index (κ1) is 19.4. The van der Waals surface area contributed by atoms with E-state index in [1.807, 2.05) is 0 Å². The SMILES string of the molecule is CC1CN(C(C)C)CC1Nc1cc(NC2CN(C(C)C)CC2C)ncn1. The van der Waals surface area contributed by atoms with Crippen LogP contribution in [0.15, 0.2) is 12.4 Å². The van der Waals surface area contributed by atoms with Crippen molar-refractivity contribution in [3.05, 3.63) is 12.4 Å². The van der Waals surface area contributed by atoms with Gasteiger partial charge in [-0.15, -0.1) is 0 Å². The predicted octanol–water partition coefficient (Wildman–Crippen LogP) is 2.76. The van der Waals surface area contributed by atoms with E-state index in [0.29, 0.717) is 36.0 Å². The first-order valence-corrected chi connectivity index (χ1v) is 10.2. The molecule has 0 bridgehead atoms. The highest BCUT2D eigenvalue weighted by molar-refractivity contribution is 5.48. The van der Waals surface area contributed by atoms with Crippen molar-refractivity contribution in [2.75, 3.05) is 36.8 Å². The van der Waals surface area contributed by atoms with Crippen LogP contribution in [0.3, 0.4) is 0 Å². The fourth-order valence-corrected chi connectivity index (χ4v) is 4.12. The zero-order valence-electron chi connectivity index (χ0n) is 17.2. The minimum Gasteiger partial charge on any atom is -0.366 e. The summed E-state index contributed by atoms with van der Waals surface area (Å²) in [6, 6.07) is 4.15. The Morgan fingerprint density at radius 3 is 1.58 bits per heavy atom. The smallest absolute Gasteiger partial charge is 0.131 e. The summed E-state index contributed by atoms with van der Waals surface area (Å²) in [6.45, 7) is 18.2. The lowest BCUT2D eigenvalue weighted by atomic mass is 10.1. The monoisotopic (exact) mass is 360 g/mol. The molecular weight excluding hydrogens is 324 g/mol. The average molecular weight is 361 g/mol. The second kappa shape index (κ2) is 8.09. The van der Waals surface area contributed by atoms with E-state index in [2.05, 4.69) is 78.0 Å². The maximum absolute atomic E-state index is 4.45. The van der Waals surface area contributed by atoms with Gasteiger partial charge in [0.1, 0.15) is 18.0 Å². The van der Waals surface area contributed by atoms with Gasteiger partial charge in [-0.25, -0.2) is 9.97 Å². The van der Waals surface area contributed by atoms with Crippen LogP contribution in [0.5, 0.6) is 0 Å². The molecule has 0 radical (unpaired) electrons. The van der Waals surface area contributed by atoms with Crippen molar-refractivity contribution in [1.29, 1.82) is 0 Å². The van der Waals surface area contributed by atoms with E-state index >= 15 is 0 Å². The molecule has 0 saturated carbocycles. The summed E-state index contributed by atoms with van der Waals surface area (Å²) < 4.78 is 0. The first-order valence-electron chi connectivity index (χ1n) is 10.2. The summed E-state index contributed by atoms with van der Waals surface area (Å²) in [5.74, 6) is 3.10. The van der Waals surface area contributed by atoms with Crippen molar-refractivity contribution < 1.29 is 0 Å². The molecule has 6 nitrogen and oxygen atoms in total. The number of anilines is 2. The molecule has 1 aromatic heterocycles. The Kier molecular flexibility index (Phi) is 6.03. The van der Waals surface area contributed by atoms with Gasteiger partial charge in [0, 0.05) is 56.4 Å². The molecule has 26 heavy (non-hydrogen) atoms. The summed E-state index contributed by atoms with van der Waals surface area (Å²) in [7, 11) is 0. The fraction of sp³-hybridized carbons (Fsp3) is 0.800. The minimum atomic E-state index is 0.446. The van der Waals surface area contributed by atoms with Gasteiger partial charge in [0.15, 0.2) is 0 Å². The number of hydrogen-bond acceptors (Lipinski definition) is 6. The number of rotatable bonds is 6. The normalized spacial score (nSPS) is 30.5. The standard InChI is InChI=1S/C20H36N6/c1-13(2)25-8-15(5)17(10-25)23-19-7-20(22-12-21-19)24-18-11-26(14(3)4)9-16(18)6/h7,12-18H,8-11H2,1-6H3,(H2,21,22,23,24). The van der Waals surface area contributed by atoms with Crippen molar-refractivity contribution in [3.8, 4) is 0 Å². The minimum absolute atomic E-state index is 0.446. The zero-order valence-corrected chi connectivity index (χ0v) is 17.2. The third-order valence-electron chi connectivity index (χ3n) is 6.08. The fourth-order valence-electron chi connectivity index (χ4n) is 4.12. The highest BCUT2D eigenvalue weighted by Gasteiger charge is 2.32. The van der Waals surface area contributed by atoms with Crippen LogP contribution >= 0.6 is 0 Å². The summed E-state index contributed by atoms with van der Waals surface area (Å²) >= 11 is 0. The molecule has 2 N–H and O–H groups in total. The highest BCUT2D eigenvalue weighted by atomic mass is 15.2. The van der Waals surface area contributed by atoms with Crippen LogP contribution in [-0.4, -0.2) is 70.1 Å². The summed E-state index contributed by atoms with van der Waals surface area (Å²) in [5.41, 5.74) is 0. The molecule has 4 atom stereocenters. The van der Waals surface area contributed by atoms with Gasteiger partial charge in [-0.05, 0) is 39.5 Å². The van der Waals surface area contributed by atoms with Gasteiger partial charge < -0.3 is 10.6 Å². The second-order valence-corrected chi connectivity index (χ2v) is 8.84. The van der Waals surface area contributed by atoms with Crippen molar-refractivity contribution in [2.45, 2.75) is 65.7 Å². The quantitative estimate of drug-likeness (QED) is 0.814. The first-order chi connectivity index (χ1) is 12.3. The van der Waals surface area contributed by atoms with E-state index < -0.39 is 0 Å². The molecule has 0 amide bonds. The molecule has 6 heteroatoms. The summed E-state index contributed by atoms with van der Waals surface area (Å²) in [4.78, 5) is 14.0. The molecule has 1 aromatic rings. The maximum Gasteiger partial charge on any atom is 0.131 e. The third-order valence-corrected chi connectivity index (χ3v) is 6.08. The van der Waals surface area contributed by atoms with E-state index in [1.54, 1.807) is 6.33 Å². The number of nitrogens with zero attached hydrogens (tertiary/aromatic N) is 4. The van der Waals surface area contributed by atoms with Gasteiger partial charge in [0.2, 0.25) is 0 Å². The van der Waals surface area contributed by atoms with Gasteiger partial charge >= 0.3 is 0 Å². The van der Waals surface area contributed by atoms with Gasteiger partial charge in [-0.2, -0.15) is 0 Å². The average Bonchev–Trinajstić information content (AvgIpc) is 3.12. The molecule has 2 aliphatic rings. The summed E-state index contributed by atoms with van der Waals surface area (Å²) in [6.07, 6.45) is 1.67. The van der Waals surface area contributed by atoms with Crippen LogP contribution in [0, 0.1) is 11.8 Å². The van der Waals surface area contributed by atoms with Crippen LogP contribution in [-0.2, 0) is 0 Å². The van der Waals surface area contributed by atoms with Crippen molar-refractivity contribution in [1.82, 2.24) is 19.8 Å². The molecular formula is C20H36N6. The van der Waals surface area contributed by atoms with Gasteiger partial charge in [-0.1, -0.05) is 13.8 Å². The molecule has 4 unspecified atom stereocenters. The number of hydrogen-bond donors (Lipinski definition) is 2. The van der Waals surface area contributed by atoms with Crippen LogP contribution in [0.1, 0.15) is 41.5 Å². The van der Waals surface area contributed by atoms with Crippen molar-refractivity contribution >= 4 is 11.6 Å². The number of aromatic nitrogens is 2. The molecule has 0 aromatic carbocycles. The van der Waals surface area contributed by atoms with Crippen LogP contribution < -0.4 is 10.6 Å². The number of nitrogens with one attached hydrogen (secondary N) is 2. The van der Waals surface area contributed by atoms with E-state index in [0.717, 1.165) is 37.8 Å². The lowest BCUT2D eigenvalue weighted by Crippen LogP contribution is -2.32. The van der Waals surface area contributed by atoms with Gasteiger partial charge in [0.25, 0.3) is 0 Å². The van der Waals surface area contributed by atoms with E-state index in [9.17, 15) is 0 Å². The summed E-state index contributed by atoms with van der Waals surface area (Å²) in [5, 5.41) is 7.27. The topological polar surface area (TPSA) is 56.3 Å². The lowest BCUT2D eigenvalue weighted by Gasteiger charge is -2.22. The molecule has 0 aliphatic carbocycles. The van der Waals surface area contributed by atoms with Crippen LogP contribution in [0.25, 0.3) is 0 Å². The van der Waals surface area contributed by atoms with E-state index in [4.69, 9.17) is 0 Å². The zero-order chi connectivity index (χ0) is 18.8. The van der Waals surface area contributed by atoms with Crippen LogP contribution in [0.4, 0.5) is 11.6 Å². The maximum atomic E-state index is 4.45. The predicted molar refractivity (Wildman–Crippen MR) is 109 cm³/mol. The van der Waals surface area contributed by atoms with Gasteiger partial charge in [0.05, 0.1) is 0 Å². The van der Waals surface area contributed by atoms with E-state index in [-0.39, 0.29) is 0 Å². The third kappa shape index (κ3) is 4.46. The lowest BCUT2D eigenvalue weighted by molar-refractivity contribution is 0.267. The Morgan fingerprint density at radius 1 is 0.808 bits per heavy atom. The van der Waals surface area contributed by atoms with E-state index in [1.165, 1.54) is 0 Å². The molecule has 0 spiro atoms. The Balaban J connectivity index is 1.60. The molecule has 2 aliphatic heterocycles.